The van der Waals surface area contributed by atoms with Gasteiger partial charge in [0.15, 0.2) is 11.6 Å². The lowest BCUT2D eigenvalue weighted by molar-refractivity contribution is 0.492. The number of aryl methyl sites for hydroxylation is 1. The van der Waals surface area contributed by atoms with Gasteiger partial charge in [-0.3, -0.25) is 0 Å². The van der Waals surface area contributed by atoms with Crippen LogP contribution in [0.3, 0.4) is 0 Å². The number of nitrogens with two attached hydrogens (primary N) is 1. The average molecular weight is 234 g/mol. The summed E-state index contributed by atoms with van der Waals surface area (Å²) in [7, 11) is 0. The predicted octanol–water partition coefficient (Wildman–Crippen LogP) is 3.29. The molecule has 0 amide bonds. The first-order valence-electron chi connectivity index (χ1n) is 4.94. The van der Waals surface area contributed by atoms with E-state index in [0.29, 0.717) is 18.4 Å². The standard InChI is InChI=1S/C11H14ClF2N/c1-2-8(15)5-3-7-4-6-9(12)11(14)10(7)13/h4,6,8H,2-3,5,15H2,1H3. The fourth-order valence-corrected chi connectivity index (χ4v) is 1.45. The van der Waals surface area contributed by atoms with Crippen LogP contribution in [0.2, 0.25) is 5.02 Å². The first kappa shape index (κ1) is 12.4. The van der Waals surface area contributed by atoms with Gasteiger partial charge in [-0.2, -0.15) is 0 Å². The zero-order chi connectivity index (χ0) is 11.4. The highest BCUT2D eigenvalue weighted by Gasteiger charge is 2.12. The third kappa shape index (κ3) is 3.14. The second-order valence-corrected chi connectivity index (χ2v) is 3.95. The van der Waals surface area contributed by atoms with Gasteiger partial charge < -0.3 is 5.73 Å². The van der Waals surface area contributed by atoms with Crippen molar-refractivity contribution in [1.29, 1.82) is 0 Å². The monoisotopic (exact) mass is 233 g/mol. The second kappa shape index (κ2) is 5.42. The van der Waals surface area contributed by atoms with Crippen LogP contribution in [0.25, 0.3) is 0 Å². The van der Waals surface area contributed by atoms with E-state index in [-0.39, 0.29) is 11.1 Å². The molecule has 0 aliphatic carbocycles. The molecule has 4 heteroatoms. The Kier molecular flexibility index (Phi) is 4.48. The van der Waals surface area contributed by atoms with Crippen molar-refractivity contribution < 1.29 is 8.78 Å². The SMILES string of the molecule is CCC(N)CCc1ccc(Cl)c(F)c1F. The smallest absolute Gasteiger partial charge is 0.177 e. The topological polar surface area (TPSA) is 26.0 Å². The van der Waals surface area contributed by atoms with Gasteiger partial charge in [0, 0.05) is 6.04 Å². The molecule has 0 aromatic heterocycles. The number of rotatable bonds is 4. The molecule has 0 saturated heterocycles. The number of hydrogen-bond donors (Lipinski definition) is 1. The van der Waals surface area contributed by atoms with Gasteiger partial charge in [-0.05, 0) is 30.9 Å². The van der Waals surface area contributed by atoms with Gasteiger partial charge in [0.05, 0.1) is 5.02 Å². The maximum atomic E-state index is 13.3. The maximum Gasteiger partial charge on any atom is 0.177 e. The van der Waals surface area contributed by atoms with Gasteiger partial charge in [-0.25, -0.2) is 8.78 Å². The van der Waals surface area contributed by atoms with Crippen molar-refractivity contribution in [3.63, 3.8) is 0 Å². The molecule has 84 valence electrons. The molecule has 0 spiro atoms. The summed E-state index contributed by atoms with van der Waals surface area (Å²) in [5.74, 6) is -1.83. The fraction of sp³-hybridized carbons (Fsp3) is 0.455. The molecule has 1 nitrogen and oxygen atoms in total. The van der Waals surface area contributed by atoms with Gasteiger partial charge >= 0.3 is 0 Å². The minimum absolute atomic E-state index is 0.0307. The summed E-state index contributed by atoms with van der Waals surface area (Å²) >= 11 is 5.44. The van der Waals surface area contributed by atoms with Crippen LogP contribution in [-0.4, -0.2) is 6.04 Å². The lowest BCUT2D eigenvalue weighted by Gasteiger charge is -2.09. The number of benzene rings is 1. The summed E-state index contributed by atoms with van der Waals surface area (Å²) in [5, 5.41) is -0.184. The van der Waals surface area contributed by atoms with Gasteiger partial charge in [0.2, 0.25) is 0 Å². The van der Waals surface area contributed by atoms with Crippen LogP contribution in [0.1, 0.15) is 25.3 Å². The molecule has 2 N–H and O–H groups in total. The highest BCUT2D eigenvalue weighted by Crippen LogP contribution is 2.21. The van der Waals surface area contributed by atoms with E-state index < -0.39 is 11.6 Å². The number of hydrogen-bond acceptors (Lipinski definition) is 1. The first-order chi connectivity index (χ1) is 7.06. The van der Waals surface area contributed by atoms with E-state index in [1.807, 2.05) is 6.92 Å². The van der Waals surface area contributed by atoms with Crippen molar-refractivity contribution in [3.05, 3.63) is 34.4 Å². The van der Waals surface area contributed by atoms with Crippen LogP contribution >= 0.6 is 11.6 Å². The van der Waals surface area contributed by atoms with E-state index in [4.69, 9.17) is 17.3 Å². The maximum absolute atomic E-state index is 13.3. The van der Waals surface area contributed by atoms with Gasteiger partial charge in [0.25, 0.3) is 0 Å². The van der Waals surface area contributed by atoms with E-state index >= 15 is 0 Å². The molecule has 1 aromatic carbocycles. The third-order valence-corrected chi connectivity index (χ3v) is 2.72. The molecule has 0 saturated carbocycles. The Labute approximate surface area is 93.2 Å². The third-order valence-electron chi connectivity index (χ3n) is 2.42. The van der Waals surface area contributed by atoms with E-state index in [0.717, 1.165) is 6.42 Å². The lowest BCUT2D eigenvalue weighted by Crippen LogP contribution is -2.19. The van der Waals surface area contributed by atoms with Crippen LogP contribution in [-0.2, 0) is 6.42 Å². The van der Waals surface area contributed by atoms with E-state index in [9.17, 15) is 8.78 Å². The van der Waals surface area contributed by atoms with Gasteiger partial charge in [-0.15, -0.1) is 0 Å². The molecule has 1 aromatic rings. The molecule has 0 aliphatic rings. The average Bonchev–Trinajstić information content (AvgIpc) is 2.24. The lowest BCUT2D eigenvalue weighted by atomic mass is 10.0. The van der Waals surface area contributed by atoms with E-state index in [1.54, 1.807) is 0 Å². The fourth-order valence-electron chi connectivity index (χ4n) is 1.30. The Balaban J connectivity index is 2.74. The summed E-state index contributed by atoms with van der Waals surface area (Å²) in [6, 6.07) is 2.90. The van der Waals surface area contributed by atoms with E-state index in [1.165, 1.54) is 12.1 Å². The molecule has 0 heterocycles. The summed E-state index contributed by atoms with van der Waals surface area (Å²) in [4.78, 5) is 0. The predicted molar refractivity (Wildman–Crippen MR) is 58.0 cm³/mol. The summed E-state index contributed by atoms with van der Waals surface area (Å²) < 4.78 is 26.4. The minimum atomic E-state index is -0.973. The molecule has 1 rings (SSSR count). The second-order valence-electron chi connectivity index (χ2n) is 3.54. The van der Waals surface area contributed by atoms with Crippen molar-refractivity contribution in [3.8, 4) is 0 Å². The van der Waals surface area contributed by atoms with Crippen LogP contribution in [0.5, 0.6) is 0 Å². The quantitative estimate of drug-likeness (QED) is 0.794. The Morgan fingerprint density at radius 3 is 2.60 bits per heavy atom. The normalized spacial score (nSPS) is 12.9. The highest BCUT2D eigenvalue weighted by atomic mass is 35.5. The molecule has 0 radical (unpaired) electrons. The molecular weight excluding hydrogens is 220 g/mol. The van der Waals surface area contributed by atoms with Crippen LogP contribution in [0.4, 0.5) is 8.78 Å². The van der Waals surface area contributed by atoms with Crippen molar-refractivity contribution >= 4 is 11.6 Å². The van der Waals surface area contributed by atoms with Crippen molar-refractivity contribution in [2.75, 3.05) is 0 Å². The summed E-state index contributed by atoms with van der Waals surface area (Å²) in [5.41, 5.74) is 6.03. The Bertz CT molecular complexity index is 342. The van der Waals surface area contributed by atoms with Crippen molar-refractivity contribution in [2.45, 2.75) is 32.2 Å². The zero-order valence-electron chi connectivity index (χ0n) is 8.56. The minimum Gasteiger partial charge on any atom is -0.328 e. The van der Waals surface area contributed by atoms with Gasteiger partial charge in [0.1, 0.15) is 0 Å². The molecule has 1 unspecified atom stereocenters. The molecule has 0 aliphatic heterocycles. The molecule has 15 heavy (non-hydrogen) atoms. The van der Waals surface area contributed by atoms with Crippen LogP contribution in [0.15, 0.2) is 12.1 Å². The summed E-state index contributed by atoms with van der Waals surface area (Å²) in [6.45, 7) is 1.96. The first-order valence-corrected chi connectivity index (χ1v) is 5.32. The number of halogens is 3. The zero-order valence-corrected chi connectivity index (χ0v) is 9.32. The van der Waals surface area contributed by atoms with E-state index in [2.05, 4.69) is 0 Å². The summed E-state index contributed by atoms with van der Waals surface area (Å²) in [6.07, 6.45) is 1.92. The molecule has 0 fully saturated rings. The Morgan fingerprint density at radius 1 is 1.33 bits per heavy atom. The Hall–Kier alpha value is -0.670. The van der Waals surface area contributed by atoms with Crippen molar-refractivity contribution in [1.82, 2.24) is 0 Å². The van der Waals surface area contributed by atoms with Crippen molar-refractivity contribution in [2.24, 2.45) is 5.73 Å². The Morgan fingerprint density at radius 2 is 2.00 bits per heavy atom. The molecule has 0 bridgehead atoms. The van der Waals surface area contributed by atoms with Crippen LogP contribution < -0.4 is 5.73 Å². The van der Waals surface area contributed by atoms with Gasteiger partial charge in [-0.1, -0.05) is 24.6 Å². The molecular formula is C11H14ClF2N. The van der Waals surface area contributed by atoms with Crippen LogP contribution in [0, 0.1) is 11.6 Å². The highest BCUT2D eigenvalue weighted by molar-refractivity contribution is 6.30. The largest absolute Gasteiger partial charge is 0.328 e. The molecule has 1 atom stereocenters.